The quantitative estimate of drug-likeness (QED) is 0.789. The molecule has 6 nitrogen and oxygen atoms in total. The van der Waals surface area contributed by atoms with Gasteiger partial charge in [-0.3, -0.25) is 4.79 Å². The number of sulfone groups is 1. The molecule has 17 heavy (non-hydrogen) atoms. The highest BCUT2D eigenvalue weighted by atomic mass is 32.2. The highest BCUT2D eigenvalue weighted by Gasteiger charge is 2.27. The average molecular weight is 257 g/mol. The van der Waals surface area contributed by atoms with E-state index in [1.807, 2.05) is 0 Å². The topological polar surface area (TPSA) is 115 Å². The maximum Gasteiger partial charge on any atom is 0.335 e. The van der Waals surface area contributed by atoms with Crippen LogP contribution in [0.25, 0.3) is 0 Å². The first-order chi connectivity index (χ1) is 7.76. The van der Waals surface area contributed by atoms with Crippen molar-refractivity contribution in [1.29, 1.82) is 0 Å². The van der Waals surface area contributed by atoms with E-state index in [2.05, 4.69) is 0 Å². The van der Waals surface area contributed by atoms with Crippen molar-refractivity contribution in [3.05, 3.63) is 29.8 Å². The summed E-state index contributed by atoms with van der Waals surface area (Å²) in [6.07, 6.45) is 0. The summed E-state index contributed by atoms with van der Waals surface area (Å²) in [6, 6.07) is 4.59. The first-order valence-electron chi connectivity index (χ1n) is 4.63. The van der Waals surface area contributed by atoms with Crippen LogP contribution in [0, 0.1) is 0 Å². The molecule has 0 saturated heterocycles. The molecule has 0 bridgehead atoms. The number of hydrogen-bond acceptors (Lipinski definition) is 4. The number of carbonyl (C=O) groups is 2. The zero-order chi connectivity index (χ0) is 13.2. The van der Waals surface area contributed by atoms with Crippen LogP contribution in [0.15, 0.2) is 29.2 Å². The van der Waals surface area contributed by atoms with Gasteiger partial charge in [0, 0.05) is 0 Å². The van der Waals surface area contributed by atoms with Crippen molar-refractivity contribution >= 4 is 21.7 Å². The summed E-state index contributed by atoms with van der Waals surface area (Å²) < 4.78 is 23.6. The fraction of sp³-hybridized carbons (Fsp3) is 0.200. The fourth-order valence-electron chi connectivity index (χ4n) is 1.14. The van der Waals surface area contributed by atoms with Crippen molar-refractivity contribution in [3.8, 4) is 0 Å². The van der Waals surface area contributed by atoms with E-state index in [0.29, 0.717) is 0 Å². The number of primary amides is 1. The van der Waals surface area contributed by atoms with Gasteiger partial charge in [0.25, 0.3) is 0 Å². The van der Waals surface area contributed by atoms with Crippen LogP contribution in [0.2, 0.25) is 0 Å². The average Bonchev–Trinajstić information content (AvgIpc) is 2.27. The number of carboxylic acids is 1. The van der Waals surface area contributed by atoms with Crippen molar-refractivity contribution in [1.82, 2.24) is 0 Å². The van der Waals surface area contributed by atoms with Crippen LogP contribution in [-0.4, -0.2) is 30.7 Å². The van der Waals surface area contributed by atoms with Gasteiger partial charge in [0.05, 0.1) is 10.5 Å². The number of rotatable bonds is 4. The predicted octanol–water partition coefficient (Wildman–Crippen LogP) is 0.0323. The van der Waals surface area contributed by atoms with Gasteiger partial charge in [0.15, 0.2) is 9.84 Å². The van der Waals surface area contributed by atoms with E-state index in [9.17, 15) is 18.0 Å². The number of amides is 1. The normalized spacial score (nSPS) is 13.0. The smallest absolute Gasteiger partial charge is 0.335 e. The Morgan fingerprint density at radius 3 is 2.06 bits per heavy atom. The van der Waals surface area contributed by atoms with Gasteiger partial charge in [-0.2, -0.15) is 0 Å². The maximum absolute atomic E-state index is 11.8. The number of benzene rings is 1. The van der Waals surface area contributed by atoms with Crippen LogP contribution in [0.5, 0.6) is 0 Å². The lowest BCUT2D eigenvalue weighted by molar-refractivity contribution is -0.117. The van der Waals surface area contributed by atoms with E-state index in [1.54, 1.807) is 0 Å². The SMILES string of the molecule is CC(C(N)=O)S(=O)(=O)c1ccc(C(=O)O)cc1. The Bertz CT molecular complexity index is 547. The van der Waals surface area contributed by atoms with Crippen LogP contribution in [-0.2, 0) is 14.6 Å². The summed E-state index contributed by atoms with van der Waals surface area (Å²) in [4.78, 5) is 21.3. The molecule has 0 aliphatic carbocycles. The highest BCUT2D eigenvalue weighted by molar-refractivity contribution is 7.92. The van der Waals surface area contributed by atoms with Gasteiger partial charge in [-0.15, -0.1) is 0 Å². The zero-order valence-electron chi connectivity index (χ0n) is 8.95. The molecule has 0 aliphatic heterocycles. The van der Waals surface area contributed by atoms with E-state index >= 15 is 0 Å². The molecule has 0 radical (unpaired) electrons. The monoisotopic (exact) mass is 257 g/mol. The molecule has 92 valence electrons. The molecule has 0 saturated carbocycles. The first-order valence-corrected chi connectivity index (χ1v) is 6.18. The summed E-state index contributed by atoms with van der Waals surface area (Å²) in [5.74, 6) is -2.11. The van der Waals surface area contributed by atoms with Crippen molar-refractivity contribution in [3.63, 3.8) is 0 Å². The Balaban J connectivity index is 3.17. The van der Waals surface area contributed by atoms with E-state index in [-0.39, 0.29) is 10.5 Å². The summed E-state index contributed by atoms with van der Waals surface area (Å²) in [7, 11) is -3.85. The van der Waals surface area contributed by atoms with Gasteiger partial charge >= 0.3 is 5.97 Å². The molecule has 1 atom stereocenters. The van der Waals surface area contributed by atoms with E-state index in [1.165, 1.54) is 6.92 Å². The molecule has 1 rings (SSSR count). The highest BCUT2D eigenvalue weighted by Crippen LogP contribution is 2.16. The van der Waals surface area contributed by atoms with Crippen LogP contribution in [0.1, 0.15) is 17.3 Å². The lowest BCUT2D eigenvalue weighted by Gasteiger charge is -2.09. The second kappa shape index (κ2) is 4.54. The van der Waals surface area contributed by atoms with Crippen LogP contribution in [0.3, 0.4) is 0 Å². The third-order valence-corrected chi connectivity index (χ3v) is 4.39. The van der Waals surface area contributed by atoms with Gasteiger partial charge in [0.1, 0.15) is 5.25 Å². The Morgan fingerprint density at radius 1 is 1.24 bits per heavy atom. The van der Waals surface area contributed by atoms with Gasteiger partial charge in [-0.1, -0.05) is 0 Å². The van der Waals surface area contributed by atoms with Crippen molar-refractivity contribution in [2.24, 2.45) is 5.73 Å². The molecule has 0 aliphatic rings. The van der Waals surface area contributed by atoms with Crippen molar-refractivity contribution in [2.75, 3.05) is 0 Å². The number of hydrogen-bond donors (Lipinski definition) is 2. The Labute approximate surface area is 98.0 Å². The number of aromatic carboxylic acids is 1. The first kappa shape index (κ1) is 13.2. The molecule has 3 N–H and O–H groups in total. The maximum atomic E-state index is 11.8. The summed E-state index contributed by atoms with van der Waals surface area (Å²) in [6.45, 7) is 1.18. The minimum absolute atomic E-state index is 0.0318. The lowest BCUT2D eigenvalue weighted by atomic mass is 10.2. The second-order valence-corrected chi connectivity index (χ2v) is 5.69. The molecule has 1 amide bonds. The molecular weight excluding hydrogens is 246 g/mol. The minimum Gasteiger partial charge on any atom is -0.478 e. The Hall–Kier alpha value is -1.89. The predicted molar refractivity (Wildman–Crippen MR) is 59.2 cm³/mol. The number of carboxylic acid groups (broad SMARTS) is 1. The minimum atomic E-state index is -3.85. The van der Waals surface area contributed by atoms with Gasteiger partial charge in [-0.05, 0) is 31.2 Å². The number of carbonyl (C=O) groups excluding carboxylic acids is 1. The molecule has 0 fully saturated rings. The fourth-order valence-corrected chi connectivity index (χ4v) is 2.37. The largest absolute Gasteiger partial charge is 0.478 e. The third kappa shape index (κ3) is 2.62. The lowest BCUT2D eigenvalue weighted by Crippen LogP contribution is -2.33. The third-order valence-electron chi connectivity index (χ3n) is 2.30. The van der Waals surface area contributed by atoms with E-state index in [0.717, 1.165) is 24.3 Å². The molecule has 1 aromatic rings. The molecule has 0 spiro atoms. The number of nitrogens with two attached hydrogens (primary N) is 1. The second-order valence-electron chi connectivity index (χ2n) is 3.42. The van der Waals surface area contributed by atoms with Crippen LogP contribution >= 0.6 is 0 Å². The van der Waals surface area contributed by atoms with Crippen LogP contribution in [0.4, 0.5) is 0 Å². The van der Waals surface area contributed by atoms with Gasteiger partial charge in [-0.25, -0.2) is 13.2 Å². The standard InChI is InChI=1S/C10H11NO5S/c1-6(9(11)12)17(15,16)8-4-2-7(3-5-8)10(13)14/h2-6H,1H3,(H2,11,12)(H,13,14). The Morgan fingerprint density at radius 2 is 1.71 bits per heavy atom. The van der Waals surface area contributed by atoms with Gasteiger partial charge in [0.2, 0.25) is 5.91 Å². The van der Waals surface area contributed by atoms with E-state index < -0.39 is 27.0 Å². The molecular formula is C10H11NO5S. The summed E-state index contributed by atoms with van der Waals surface area (Å²) >= 11 is 0. The van der Waals surface area contributed by atoms with Crippen molar-refractivity contribution in [2.45, 2.75) is 17.1 Å². The molecule has 0 heterocycles. The van der Waals surface area contributed by atoms with E-state index in [4.69, 9.17) is 10.8 Å². The zero-order valence-corrected chi connectivity index (χ0v) is 9.77. The van der Waals surface area contributed by atoms with Crippen LogP contribution < -0.4 is 5.73 Å². The Kier molecular flexibility index (Phi) is 3.52. The van der Waals surface area contributed by atoms with Crippen molar-refractivity contribution < 1.29 is 23.1 Å². The molecule has 7 heteroatoms. The summed E-state index contributed by atoms with van der Waals surface area (Å²) in [5, 5.41) is 7.30. The van der Waals surface area contributed by atoms with Gasteiger partial charge < -0.3 is 10.8 Å². The summed E-state index contributed by atoms with van der Waals surface area (Å²) in [5.41, 5.74) is 4.89. The molecule has 0 aromatic heterocycles. The molecule has 1 aromatic carbocycles. The molecule has 1 unspecified atom stereocenters.